The van der Waals surface area contributed by atoms with Crippen molar-refractivity contribution in [3.8, 4) is 39.9 Å². The number of rotatable bonds is 14. The number of anilines is 1. The molecule has 0 spiro atoms. The highest BCUT2D eigenvalue weighted by Crippen LogP contribution is 2.38. The summed E-state index contributed by atoms with van der Waals surface area (Å²) in [6, 6.07) is 30.2. The van der Waals surface area contributed by atoms with Crippen LogP contribution in [0.25, 0.3) is 39.6 Å². The van der Waals surface area contributed by atoms with Gasteiger partial charge in [0, 0.05) is 34.3 Å². The zero-order chi connectivity index (χ0) is 35.7. The van der Waals surface area contributed by atoms with Crippen molar-refractivity contribution < 1.29 is 23.8 Å². The Balaban J connectivity index is 1.13. The molecule has 4 aromatic carbocycles. The predicted octanol–water partition coefficient (Wildman–Crippen LogP) is 8.00. The number of para-hydroxylation sites is 1. The molecule has 0 aliphatic heterocycles. The van der Waals surface area contributed by atoms with E-state index in [4.69, 9.17) is 19.2 Å². The topological polar surface area (TPSA) is 117 Å². The van der Waals surface area contributed by atoms with Crippen molar-refractivity contribution >= 4 is 46.1 Å². The number of ether oxygens (including phenoxy) is 3. The zero-order valence-electron chi connectivity index (χ0n) is 28.3. The summed E-state index contributed by atoms with van der Waals surface area (Å²) in [5.41, 5.74) is 5.30. The van der Waals surface area contributed by atoms with Gasteiger partial charge in [0.15, 0.2) is 28.3 Å². The van der Waals surface area contributed by atoms with Crippen LogP contribution in [-0.4, -0.2) is 58.5 Å². The summed E-state index contributed by atoms with van der Waals surface area (Å²) in [5, 5.41) is 13.5. The second kappa shape index (κ2) is 16.0. The van der Waals surface area contributed by atoms with Crippen LogP contribution in [0.2, 0.25) is 0 Å². The minimum absolute atomic E-state index is 0.0971. The standard InChI is InChI=1S/C40H35N5O5S/c1-5-21-45-39(31-24-33(27-11-7-6-8-12-27)42-32-14-10-9-13-30(31)32)43-44-40(45)51-25-37(47)41-29-18-16-28(17-19-29)34(46)20-15-26-22-35(48-2)38(50-4)36(23-26)49-3/h5-20,22-24H,1,21,25H2,2-4H3,(H,41,47)/b20-15+. The minimum Gasteiger partial charge on any atom is -0.493 e. The molecule has 10 nitrogen and oxygen atoms in total. The Morgan fingerprint density at radius 1 is 0.863 bits per heavy atom. The molecular formula is C40H35N5O5S. The maximum absolute atomic E-state index is 13.0. The lowest BCUT2D eigenvalue weighted by atomic mass is 10.0. The fraction of sp³-hybridized carbons (Fsp3) is 0.125. The largest absolute Gasteiger partial charge is 0.493 e. The molecule has 0 radical (unpaired) electrons. The van der Waals surface area contributed by atoms with E-state index in [9.17, 15) is 9.59 Å². The second-order valence-corrected chi connectivity index (χ2v) is 12.2. The fourth-order valence-corrected chi connectivity index (χ4v) is 6.26. The van der Waals surface area contributed by atoms with Crippen LogP contribution in [0.3, 0.4) is 0 Å². The van der Waals surface area contributed by atoms with E-state index in [0.29, 0.717) is 51.6 Å². The predicted molar refractivity (Wildman–Crippen MR) is 202 cm³/mol. The van der Waals surface area contributed by atoms with Crippen LogP contribution >= 0.6 is 11.8 Å². The van der Waals surface area contributed by atoms with Crippen molar-refractivity contribution in [2.45, 2.75) is 11.7 Å². The maximum atomic E-state index is 13.0. The van der Waals surface area contributed by atoms with Crippen LogP contribution in [0.15, 0.2) is 121 Å². The van der Waals surface area contributed by atoms with Gasteiger partial charge >= 0.3 is 0 Å². The third-order valence-electron chi connectivity index (χ3n) is 7.95. The first-order valence-electron chi connectivity index (χ1n) is 16.0. The molecule has 256 valence electrons. The molecule has 0 atom stereocenters. The number of thioether (sulfide) groups is 1. The number of nitrogens with one attached hydrogen (secondary N) is 1. The third kappa shape index (κ3) is 7.84. The molecule has 2 aromatic heterocycles. The van der Waals surface area contributed by atoms with Crippen LogP contribution in [0, 0.1) is 0 Å². The number of hydrogen-bond donors (Lipinski definition) is 1. The van der Waals surface area contributed by atoms with Crippen molar-refractivity contribution in [1.29, 1.82) is 0 Å². The van der Waals surface area contributed by atoms with E-state index in [0.717, 1.165) is 27.7 Å². The Kier molecular flexibility index (Phi) is 10.9. The zero-order valence-corrected chi connectivity index (χ0v) is 29.1. The SMILES string of the molecule is C=CCn1c(SCC(=O)Nc2ccc(C(=O)/C=C/c3cc(OC)c(OC)c(OC)c3)cc2)nnc1-c1cc(-c2ccccc2)nc2ccccc12. The van der Waals surface area contributed by atoms with Gasteiger partial charge in [0.05, 0.1) is 38.3 Å². The fourth-order valence-electron chi connectivity index (χ4n) is 5.52. The third-order valence-corrected chi connectivity index (χ3v) is 8.92. The average Bonchev–Trinajstić information content (AvgIpc) is 3.57. The van der Waals surface area contributed by atoms with Gasteiger partial charge in [-0.25, -0.2) is 4.98 Å². The molecule has 0 aliphatic carbocycles. The highest BCUT2D eigenvalue weighted by molar-refractivity contribution is 7.99. The lowest BCUT2D eigenvalue weighted by Crippen LogP contribution is -2.14. The Morgan fingerprint density at radius 2 is 1.57 bits per heavy atom. The summed E-state index contributed by atoms with van der Waals surface area (Å²) in [5.74, 6) is 1.78. The van der Waals surface area contributed by atoms with E-state index >= 15 is 0 Å². The molecule has 6 rings (SSSR count). The highest BCUT2D eigenvalue weighted by Gasteiger charge is 2.19. The molecule has 0 bridgehead atoms. The molecule has 0 saturated carbocycles. The van der Waals surface area contributed by atoms with Crippen molar-refractivity contribution in [2.75, 3.05) is 32.4 Å². The number of aromatic nitrogens is 4. The summed E-state index contributed by atoms with van der Waals surface area (Å²) >= 11 is 1.28. The normalized spacial score (nSPS) is 11.0. The Bertz CT molecular complexity index is 2210. The van der Waals surface area contributed by atoms with Gasteiger partial charge in [0.1, 0.15) is 0 Å². The maximum Gasteiger partial charge on any atom is 0.234 e. The quantitative estimate of drug-likeness (QED) is 0.0523. The number of allylic oxidation sites excluding steroid dienone is 2. The molecule has 1 N–H and O–H groups in total. The van der Waals surface area contributed by atoms with Crippen LogP contribution < -0.4 is 19.5 Å². The summed E-state index contributed by atoms with van der Waals surface area (Å²) < 4.78 is 18.1. The molecular weight excluding hydrogens is 663 g/mol. The summed E-state index contributed by atoms with van der Waals surface area (Å²) in [7, 11) is 4.60. The van der Waals surface area contributed by atoms with E-state index in [1.165, 1.54) is 39.2 Å². The van der Waals surface area contributed by atoms with Crippen LogP contribution in [0.1, 0.15) is 15.9 Å². The average molecular weight is 698 g/mol. The molecule has 1 amide bonds. The number of methoxy groups -OCH3 is 3. The number of amides is 1. The van der Waals surface area contributed by atoms with Crippen LogP contribution in [-0.2, 0) is 11.3 Å². The van der Waals surface area contributed by atoms with Gasteiger partial charge in [-0.2, -0.15) is 0 Å². The van der Waals surface area contributed by atoms with Gasteiger partial charge in [-0.15, -0.1) is 16.8 Å². The first-order valence-corrected chi connectivity index (χ1v) is 17.0. The number of pyridine rings is 1. The van der Waals surface area contributed by atoms with Crippen molar-refractivity contribution in [3.63, 3.8) is 0 Å². The number of fused-ring (bicyclic) bond motifs is 1. The van der Waals surface area contributed by atoms with E-state index in [1.807, 2.05) is 65.2 Å². The highest BCUT2D eigenvalue weighted by atomic mass is 32.2. The van der Waals surface area contributed by atoms with Gasteiger partial charge in [-0.3, -0.25) is 14.2 Å². The minimum atomic E-state index is -0.225. The molecule has 2 heterocycles. The number of nitrogens with zero attached hydrogens (tertiary/aromatic N) is 4. The Labute approximate surface area is 299 Å². The van der Waals surface area contributed by atoms with Gasteiger partial charge < -0.3 is 19.5 Å². The number of carbonyl (C=O) groups excluding carboxylic acids is 2. The summed E-state index contributed by atoms with van der Waals surface area (Å²) in [6.45, 7) is 4.39. The Hall–Kier alpha value is -6.20. The van der Waals surface area contributed by atoms with Gasteiger partial charge in [0.2, 0.25) is 11.7 Å². The first-order chi connectivity index (χ1) is 24.9. The van der Waals surface area contributed by atoms with E-state index in [2.05, 4.69) is 22.1 Å². The smallest absolute Gasteiger partial charge is 0.234 e. The molecule has 11 heteroatoms. The van der Waals surface area contributed by atoms with E-state index in [1.54, 1.807) is 48.6 Å². The number of ketones is 1. The van der Waals surface area contributed by atoms with Gasteiger partial charge in [-0.05, 0) is 60.2 Å². The molecule has 0 fully saturated rings. The Morgan fingerprint density at radius 3 is 2.25 bits per heavy atom. The van der Waals surface area contributed by atoms with Crippen LogP contribution in [0.4, 0.5) is 5.69 Å². The number of benzene rings is 4. The summed E-state index contributed by atoms with van der Waals surface area (Å²) in [4.78, 5) is 30.8. The first kappa shape index (κ1) is 34.7. The summed E-state index contributed by atoms with van der Waals surface area (Å²) in [6.07, 6.45) is 4.92. The number of hydrogen-bond acceptors (Lipinski definition) is 9. The monoisotopic (exact) mass is 697 g/mol. The van der Waals surface area contributed by atoms with E-state index in [-0.39, 0.29) is 17.4 Å². The lowest BCUT2D eigenvalue weighted by Gasteiger charge is -2.12. The number of carbonyl (C=O) groups is 2. The van der Waals surface area contributed by atoms with Gasteiger partial charge in [0.25, 0.3) is 0 Å². The molecule has 0 unspecified atom stereocenters. The van der Waals surface area contributed by atoms with E-state index < -0.39 is 0 Å². The lowest BCUT2D eigenvalue weighted by molar-refractivity contribution is -0.113. The second-order valence-electron chi connectivity index (χ2n) is 11.2. The van der Waals surface area contributed by atoms with Crippen molar-refractivity contribution in [1.82, 2.24) is 19.7 Å². The molecule has 0 saturated heterocycles. The van der Waals surface area contributed by atoms with Crippen LogP contribution in [0.5, 0.6) is 17.2 Å². The van der Waals surface area contributed by atoms with Gasteiger partial charge in [-0.1, -0.05) is 72.4 Å². The molecule has 51 heavy (non-hydrogen) atoms. The molecule has 6 aromatic rings. The van der Waals surface area contributed by atoms with Crippen molar-refractivity contribution in [2.24, 2.45) is 0 Å². The molecule has 0 aliphatic rings. The van der Waals surface area contributed by atoms with Crippen molar-refractivity contribution in [3.05, 3.63) is 127 Å².